The number of carbonyl (C=O) groups excluding carboxylic acids is 3. The standard InChI is InChI=1S/C26H27N3O5/c1-33-25(31)22(16-20-14-13-19-10-5-6-11-21(19)27-20)28-24(30)23-12-7-15-29(23)26(32)34-17-18-8-3-2-4-9-18/h2-6,8-11,13-14,22-23H,7,12,15-17H2,1H3,(H,28,30)/t22-,23-/m1/s1. The van der Waals surface area contributed by atoms with Crippen LogP contribution in [0.2, 0.25) is 0 Å². The molecule has 2 atom stereocenters. The Bertz CT molecular complexity index is 1170. The van der Waals surface area contributed by atoms with E-state index in [9.17, 15) is 14.4 Å². The fraction of sp³-hybridized carbons (Fsp3) is 0.308. The summed E-state index contributed by atoms with van der Waals surface area (Å²) in [4.78, 5) is 44.2. The number of fused-ring (bicyclic) bond motifs is 1. The third kappa shape index (κ3) is 5.51. The molecule has 0 bridgehead atoms. The minimum Gasteiger partial charge on any atom is -0.467 e. The molecule has 2 amide bonds. The molecule has 0 spiro atoms. The van der Waals surface area contributed by atoms with E-state index in [0.717, 1.165) is 16.5 Å². The van der Waals surface area contributed by atoms with Crippen molar-refractivity contribution < 1.29 is 23.9 Å². The van der Waals surface area contributed by atoms with Gasteiger partial charge in [0, 0.05) is 24.0 Å². The van der Waals surface area contributed by atoms with Gasteiger partial charge in [-0.15, -0.1) is 0 Å². The smallest absolute Gasteiger partial charge is 0.410 e. The van der Waals surface area contributed by atoms with Gasteiger partial charge in [0.25, 0.3) is 0 Å². The van der Waals surface area contributed by atoms with Gasteiger partial charge in [0.05, 0.1) is 12.6 Å². The van der Waals surface area contributed by atoms with E-state index in [1.165, 1.54) is 12.0 Å². The molecule has 2 aromatic carbocycles. The zero-order valence-electron chi connectivity index (χ0n) is 19.0. The molecule has 1 aliphatic heterocycles. The second-order valence-electron chi connectivity index (χ2n) is 8.18. The van der Waals surface area contributed by atoms with Crippen molar-refractivity contribution in [2.45, 2.75) is 38.0 Å². The van der Waals surface area contributed by atoms with Crippen LogP contribution in [-0.4, -0.2) is 53.6 Å². The predicted molar refractivity (Wildman–Crippen MR) is 126 cm³/mol. The van der Waals surface area contributed by atoms with Crippen LogP contribution in [0.4, 0.5) is 4.79 Å². The van der Waals surface area contributed by atoms with Gasteiger partial charge < -0.3 is 14.8 Å². The van der Waals surface area contributed by atoms with Crippen molar-refractivity contribution in [3.8, 4) is 0 Å². The summed E-state index contributed by atoms with van der Waals surface area (Å²) >= 11 is 0. The van der Waals surface area contributed by atoms with Crippen LogP contribution in [0, 0.1) is 0 Å². The van der Waals surface area contributed by atoms with Crippen molar-refractivity contribution in [2.24, 2.45) is 0 Å². The van der Waals surface area contributed by atoms with Gasteiger partial charge in [-0.3, -0.25) is 14.7 Å². The molecule has 1 N–H and O–H groups in total. The van der Waals surface area contributed by atoms with Crippen molar-refractivity contribution in [1.82, 2.24) is 15.2 Å². The molecule has 34 heavy (non-hydrogen) atoms. The van der Waals surface area contributed by atoms with Gasteiger partial charge in [-0.05, 0) is 30.5 Å². The number of amides is 2. The molecule has 1 aliphatic rings. The van der Waals surface area contributed by atoms with Crippen LogP contribution in [0.3, 0.4) is 0 Å². The normalized spacial score (nSPS) is 16.1. The highest BCUT2D eigenvalue weighted by Gasteiger charge is 2.37. The Labute approximate surface area is 197 Å². The Hall–Kier alpha value is -3.94. The predicted octanol–water partition coefficient (Wildman–Crippen LogP) is 3.24. The number of esters is 1. The van der Waals surface area contributed by atoms with Crippen molar-refractivity contribution in [2.75, 3.05) is 13.7 Å². The number of rotatable bonds is 7. The lowest BCUT2D eigenvalue weighted by Gasteiger charge is -2.25. The Morgan fingerprint density at radius 2 is 1.82 bits per heavy atom. The maximum absolute atomic E-state index is 13.1. The van der Waals surface area contributed by atoms with Gasteiger partial charge >= 0.3 is 12.1 Å². The SMILES string of the molecule is COC(=O)[C@@H](Cc1ccc2ccccc2n1)NC(=O)[C@H]1CCCN1C(=O)OCc1ccccc1. The number of para-hydroxylation sites is 1. The highest BCUT2D eigenvalue weighted by atomic mass is 16.6. The molecule has 0 saturated carbocycles. The Kier molecular flexibility index (Phi) is 7.37. The quantitative estimate of drug-likeness (QED) is 0.543. The summed E-state index contributed by atoms with van der Waals surface area (Å²) < 4.78 is 10.3. The van der Waals surface area contributed by atoms with E-state index in [4.69, 9.17) is 9.47 Å². The van der Waals surface area contributed by atoms with Gasteiger partial charge in [0.1, 0.15) is 18.7 Å². The fourth-order valence-electron chi connectivity index (χ4n) is 4.09. The number of pyridine rings is 1. The third-order valence-corrected chi connectivity index (χ3v) is 5.87. The Balaban J connectivity index is 1.41. The summed E-state index contributed by atoms with van der Waals surface area (Å²) in [6, 6.07) is 19.1. The first-order chi connectivity index (χ1) is 16.5. The number of nitrogens with zero attached hydrogens (tertiary/aromatic N) is 2. The number of aromatic nitrogens is 1. The molecule has 2 heterocycles. The van der Waals surface area contributed by atoms with Crippen LogP contribution in [0.25, 0.3) is 10.9 Å². The molecule has 0 unspecified atom stereocenters. The maximum Gasteiger partial charge on any atom is 0.410 e. The number of hydrogen-bond acceptors (Lipinski definition) is 6. The van der Waals surface area contributed by atoms with Crippen molar-refractivity contribution in [3.05, 3.63) is 78.0 Å². The molecule has 0 radical (unpaired) electrons. The highest BCUT2D eigenvalue weighted by Crippen LogP contribution is 2.20. The number of ether oxygens (including phenoxy) is 2. The summed E-state index contributed by atoms with van der Waals surface area (Å²) in [5, 5.41) is 3.75. The monoisotopic (exact) mass is 461 g/mol. The molecule has 0 aliphatic carbocycles. The maximum atomic E-state index is 13.1. The fourth-order valence-corrected chi connectivity index (χ4v) is 4.09. The summed E-state index contributed by atoms with van der Waals surface area (Å²) in [5.41, 5.74) is 2.32. The van der Waals surface area contributed by atoms with E-state index >= 15 is 0 Å². The van der Waals surface area contributed by atoms with Crippen LogP contribution in [0.15, 0.2) is 66.7 Å². The lowest BCUT2D eigenvalue weighted by atomic mass is 10.1. The van der Waals surface area contributed by atoms with Crippen LogP contribution in [-0.2, 0) is 32.1 Å². The lowest BCUT2D eigenvalue weighted by Crippen LogP contribution is -2.51. The molecule has 8 nitrogen and oxygen atoms in total. The number of methoxy groups -OCH3 is 1. The zero-order chi connectivity index (χ0) is 23.9. The molecule has 3 aromatic rings. The van der Waals surface area contributed by atoms with E-state index in [2.05, 4.69) is 10.3 Å². The van der Waals surface area contributed by atoms with Crippen LogP contribution >= 0.6 is 0 Å². The summed E-state index contributed by atoms with van der Waals surface area (Å²) in [6.45, 7) is 0.545. The minimum absolute atomic E-state index is 0.128. The number of carbonyl (C=O) groups is 3. The highest BCUT2D eigenvalue weighted by molar-refractivity contribution is 5.90. The minimum atomic E-state index is -0.922. The van der Waals surface area contributed by atoms with E-state index in [-0.39, 0.29) is 13.0 Å². The first-order valence-corrected chi connectivity index (χ1v) is 11.3. The third-order valence-electron chi connectivity index (χ3n) is 5.87. The Morgan fingerprint density at radius 3 is 2.62 bits per heavy atom. The second kappa shape index (κ2) is 10.8. The van der Waals surface area contributed by atoms with Crippen LogP contribution in [0.5, 0.6) is 0 Å². The Morgan fingerprint density at radius 1 is 1.06 bits per heavy atom. The molecule has 176 valence electrons. The van der Waals surface area contributed by atoms with Gasteiger partial charge in [-0.25, -0.2) is 9.59 Å². The number of benzene rings is 2. The van der Waals surface area contributed by atoms with Gasteiger partial charge in [-0.1, -0.05) is 54.6 Å². The van der Waals surface area contributed by atoms with E-state index in [0.29, 0.717) is 25.1 Å². The number of likely N-dealkylation sites (tertiary alicyclic amines) is 1. The van der Waals surface area contributed by atoms with Gasteiger partial charge in [0.2, 0.25) is 5.91 Å². The van der Waals surface area contributed by atoms with Gasteiger partial charge in [-0.2, -0.15) is 0 Å². The van der Waals surface area contributed by atoms with Crippen LogP contribution in [0.1, 0.15) is 24.1 Å². The molecule has 1 aromatic heterocycles. The summed E-state index contributed by atoms with van der Waals surface area (Å²) in [5.74, 6) is -0.982. The molecular formula is C26H27N3O5. The van der Waals surface area contributed by atoms with E-state index in [1.807, 2.05) is 66.7 Å². The van der Waals surface area contributed by atoms with Crippen molar-refractivity contribution in [1.29, 1.82) is 0 Å². The molecule has 4 rings (SSSR count). The first-order valence-electron chi connectivity index (χ1n) is 11.3. The molecular weight excluding hydrogens is 434 g/mol. The topological polar surface area (TPSA) is 97.8 Å². The largest absolute Gasteiger partial charge is 0.467 e. The number of nitrogens with one attached hydrogen (secondary N) is 1. The van der Waals surface area contributed by atoms with E-state index < -0.39 is 30.1 Å². The van der Waals surface area contributed by atoms with Crippen molar-refractivity contribution >= 4 is 28.9 Å². The summed E-state index contributed by atoms with van der Waals surface area (Å²) in [6.07, 6.45) is 0.795. The lowest BCUT2D eigenvalue weighted by molar-refractivity contribution is -0.145. The van der Waals surface area contributed by atoms with E-state index in [1.54, 1.807) is 0 Å². The zero-order valence-corrected chi connectivity index (χ0v) is 19.0. The average Bonchev–Trinajstić information content (AvgIpc) is 3.37. The second-order valence-corrected chi connectivity index (χ2v) is 8.18. The summed E-state index contributed by atoms with van der Waals surface area (Å²) in [7, 11) is 1.28. The molecule has 1 saturated heterocycles. The average molecular weight is 462 g/mol. The van der Waals surface area contributed by atoms with Crippen LogP contribution < -0.4 is 5.32 Å². The molecule has 1 fully saturated rings. The first kappa shape index (κ1) is 23.2. The van der Waals surface area contributed by atoms with Gasteiger partial charge in [0.15, 0.2) is 0 Å². The molecule has 8 heteroatoms. The number of hydrogen-bond donors (Lipinski definition) is 1. The van der Waals surface area contributed by atoms with Crippen molar-refractivity contribution in [3.63, 3.8) is 0 Å².